The van der Waals surface area contributed by atoms with Gasteiger partial charge in [0.1, 0.15) is 0 Å². The Labute approximate surface area is 189 Å². The second-order valence-corrected chi connectivity index (χ2v) is 20.0. The standard InChI is InChI=1S/C27H26As2O2/c30-28(24-14-5-1-6-15-24,25-16-7-2-8-17-25)22-13-23-29(31,26-18-9-3-10-19-26)27-20-11-4-12-21-27/h1-12,14-21H,13,22-23H2. The van der Waals surface area contributed by atoms with Gasteiger partial charge in [0.2, 0.25) is 0 Å². The van der Waals surface area contributed by atoms with Gasteiger partial charge in [-0.1, -0.05) is 0 Å². The van der Waals surface area contributed by atoms with Crippen molar-refractivity contribution in [3.05, 3.63) is 121 Å². The van der Waals surface area contributed by atoms with Crippen molar-refractivity contribution in [1.82, 2.24) is 0 Å². The van der Waals surface area contributed by atoms with Gasteiger partial charge in [0.25, 0.3) is 0 Å². The summed E-state index contributed by atoms with van der Waals surface area (Å²) in [5, 5.41) is 1.13. The fourth-order valence-electron chi connectivity index (χ4n) is 4.01. The van der Waals surface area contributed by atoms with E-state index >= 15 is 0 Å². The summed E-state index contributed by atoms with van der Waals surface area (Å²) in [6.07, 6.45) is 0.667. The number of benzene rings is 4. The second-order valence-electron chi connectivity index (χ2n) is 7.62. The van der Waals surface area contributed by atoms with Crippen molar-refractivity contribution < 1.29 is 7.48 Å². The van der Waals surface area contributed by atoms with E-state index < -0.39 is 27.0 Å². The van der Waals surface area contributed by atoms with Crippen molar-refractivity contribution in [2.45, 2.75) is 16.8 Å². The average Bonchev–Trinajstić information content (AvgIpc) is 2.86. The van der Waals surface area contributed by atoms with Crippen LogP contribution >= 0.6 is 0 Å². The molecule has 4 rings (SSSR count). The first-order valence-corrected chi connectivity index (χ1v) is 18.5. The van der Waals surface area contributed by atoms with Crippen molar-refractivity contribution in [1.29, 1.82) is 0 Å². The summed E-state index contributed by atoms with van der Waals surface area (Å²) in [5.41, 5.74) is 0. The Bertz CT molecular complexity index is 1010. The van der Waals surface area contributed by atoms with Gasteiger partial charge in [-0.2, -0.15) is 0 Å². The Morgan fingerprint density at radius 1 is 0.387 bits per heavy atom. The molecule has 0 aliphatic rings. The summed E-state index contributed by atoms with van der Waals surface area (Å²) in [4.78, 5) is 0. The van der Waals surface area contributed by atoms with E-state index in [-0.39, 0.29) is 0 Å². The Balaban J connectivity index is 1.66. The van der Waals surface area contributed by atoms with Crippen LogP contribution in [0.4, 0.5) is 0 Å². The summed E-state index contributed by atoms with van der Waals surface area (Å²) < 4.78 is 32.4. The Morgan fingerprint density at radius 3 is 0.839 bits per heavy atom. The van der Waals surface area contributed by atoms with Crippen molar-refractivity contribution >= 4 is 44.4 Å². The van der Waals surface area contributed by atoms with E-state index in [2.05, 4.69) is 0 Å². The van der Waals surface area contributed by atoms with Crippen molar-refractivity contribution in [3.63, 3.8) is 0 Å². The zero-order valence-electron chi connectivity index (χ0n) is 17.4. The molecular weight excluding hydrogens is 506 g/mol. The molecule has 0 aliphatic heterocycles. The van der Waals surface area contributed by atoms with Gasteiger partial charge in [0, 0.05) is 0 Å². The molecule has 0 saturated carbocycles. The van der Waals surface area contributed by atoms with Gasteiger partial charge in [-0.15, -0.1) is 0 Å². The third-order valence-electron chi connectivity index (χ3n) is 5.64. The van der Waals surface area contributed by atoms with Crippen LogP contribution < -0.4 is 17.4 Å². The minimum absolute atomic E-state index is 0.567. The minimum atomic E-state index is -3.59. The summed E-state index contributed by atoms with van der Waals surface area (Å²) in [7, 11) is 0. The summed E-state index contributed by atoms with van der Waals surface area (Å²) in [6.45, 7) is 0. The molecule has 2 nitrogen and oxygen atoms in total. The Morgan fingerprint density at radius 2 is 0.613 bits per heavy atom. The van der Waals surface area contributed by atoms with Crippen molar-refractivity contribution in [3.8, 4) is 0 Å². The molecule has 0 heterocycles. The van der Waals surface area contributed by atoms with E-state index in [9.17, 15) is 7.48 Å². The molecule has 0 unspecified atom stereocenters. The molecule has 0 amide bonds. The monoisotopic (exact) mass is 532 g/mol. The maximum absolute atomic E-state index is 14.4. The SMILES string of the molecule is O=[As](CCC[As](=O)(c1ccccc1)c1ccccc1)(c1ccccc1)c1ccccc1. The molecule has 0 bridgehead atoms. The third kappa shape index (κ3) is 4.77. The summed E-state index contributed by atoms with van der Waals surface area (Å²) in [6, 6.07) is 39.3. The average molecular weight is 532 g/mol. The molecule has 0 atom stereocenters. The normalized spacial score (nSPS) is 11.9. The fraction of sp³-hybridized carbons (Fsp3) is 0.111. The van der Waals surface area contributed by atoms with Crippen LogP contribution in [0.15, 0.2) is 121 Å². The van der Waals surface area contributed by atoms with Crippen LogP contribution in [-0.2, 0) is 7.48 Å². The van der Waals surface area contributed by atoms with E-state index in [4.69, 9.17) is 0 Å². The van der Waals surface area contributed by atoms with E-state index in [1.54, 1.807) is 0 Å². The van der Waals surface area contributed by atoms with Crippen LogP contribution in [0.2, 0.25) is 10.4 Å². The quantitative estimate of drug-likeness (QED) is 0.324. The van der Waals surface area contributed by atoms with Crippen LogP contribution in [0.5, 0.6) is 0 Å². The van der Waals surface area contributed by atoms with E-state index in [0.29, 0.717) is 16.8 Å². The molecule has 0 aromatic heterocycles. The Kier molecular flexibility index (Phi) is 6.91. The summed E-state index contributed by atoms with van der Waals surface area (Å²) >= 11 is -7.18. The Hall–Kier alpha value is -2.40. The van der Waals surface area contributed by atoms with Crippen LogP contribution in [0.3, 0.4) is 0 Å². The number of hydrogen-bond acceptors (Lipinski definition) is 2. The molecule has 0 radical (unpaired) electrons. The third-order valence-corrected chi connectivity index (χ3v) is 19.1. The molecule has 0 spiro atoms. The summed E-state index contributed by atoms with van der Waals surface area (Å²) in [5.74, 6) is 0. The molecule has 4 aromatic rings. The van der Waals surface area contributed by atoms with Crippen LogP contribution in [0.25, 0.3) is 0 Å². The molecule has 0 fully saturated rings. The molecule has 31 heavy (non-hydrogen) atoms. The van der Waals surface area contributed by atoms with Gasteiger partial charge in [-0.3, -0.25) is 0 Å². The molecule has 4 heteroatoms. The zero-order valence-corrected chi connectivity index (χ0v) is 21.1. The molecular formula is C27H26As2O2. The molecule has 4 aromatic carbocycles. The molecule has 0 N–H and O–H groups in total. The van der Waals surface area contributed by atoms with Gasteiger partial charge >= 0.3 is 190 Å². The number of rotatable bonds is 8. The van der Waals surface area contributed by atoms with Gasteiger partial charge in [0.05, 0.1) is 0 Å². The first-order chi connectivity index (χ1) is 15.1. The molecule has 0 aliphatic carbocycles. The van der Waals surface area contributed by atoms with Crippen LogP contribution in [0, 0.1) is 0 Å². The fourth-order valence-corrected chi connectivity index (χ4v) is 16.6. The van der Waals surface area contributed by atoms with E-state index in [1.807, 2.05) is 121 Å². The predicted octanol–water partition coefficient (Wildman–Crippen LogP) is 3.76. The van der Waals surface area contributed by atoms with Gasteiger partial charge in [-0.05, 0) is 0 Å². The molecule has 0 saturated heterocycles. The van der Waals surface area contributed by atoms with E-state index in [0.717, 1.165) is 17.4 Å². The first-order valence-electron chi connectivity index (χ1n) is 10.5. The van der Waals surface area contributed by atoms with Gasteiger partial charge < -0.3 is 0 Å². The van der Waals surface area contributed by atoms with Crippen molar-refractivity contribution in [2.75, 3.05) is 0 Å². The van der Waals surface area contributed by atoms with E-state index in [1.165, 1.54) is 0 Å². The zero-order chi connectivity index (χ0) is 21.6. The van der Waals surface area contributed by atoms with Gasteiger partial charge in [0.15, 0.2) is 0 Å². The maximum atomic E-state index is 14.4. The predicted molar refractivity (Wildman–Crippen MR) is 131 cm³/mol. The van der Waals surface area contributed by atoms with Crippen LogP contribution in [0.1, 0.15) is 6.42 Å². The number of hydrogen-bond donors (Lipinski definition) is 0. The van der Waals surface area contributed by atoms with Crippen molar-refractivity contribution in [2.24, 2.45) is 0 Å². The van der Waals surface area contributed by atoms with Crippen LogP contribution in [-0.4, -0.2) is 27.0 Å². The molecule has 156 valence electrons. The first kappa shape index (κ1) is 21.8. The topological polar surface area (TPSA) is 34.1 Å². The second kappa shape index (κ2) is 9.82. The van der Waals surface area contributed by atoms with Gasteiger partial charge in [-0.25, -0.2) is 0 Å².